The lowest BCUT2D eigenvalue weighted by atomic mass is 10.2. The van der Waals surface area contributed by atoms with Crippen molar-refractivity contribution in [3.05, 3.63) is 57.2 Å². The molecule has 7 heteroatoms. The second-order valence-corrected chi connectivity index (χ2v) is 6.20. The molecule has 0 atom stereocenters. The Morgan fingerprint density at radius 2 is 2.04 bits per heavy atom. The quantitative estimate of drug-likeness (QED) is 0.400. The van der Waals surface area contributed by atoms with E-state index in [1.54, 1.807) is 31.4 Å². The normalized spacial score (nSPS) is 10.3. The van der Waals surface area contributed by atoms with Crippen molar-refractivity contribution in [3.63, 3.8) is 0 Å². The minimum atomic E-state index is -0.455. The Bertz CT molecular complexity index is 798. The number of amides is 1. The van der Waals surface area contributed by atoms with Gasteiger partial charge in [0.25, 0.3) is 5.91 Å². The highest BCUT2D eigenvalue weighted by atomic mass is 127. The number of ether oxygens (including phenoxy) is 2. The number of nitriles is 1. The van der Waals surface area contributed by atoms with E-state index >= 15 is 0 Å². The van der Waals surface area contributed by atoms with E-state index in [0.717, 1.165) is 11.1 Å². The predicted octanol–water partition coefficient (Wildman–Crippen LogP) is 3.24. The van der Waals surface area contributed by atoms with Gasteiger partial charge in [0, 0.05) is 3.57 Å². The van der Waals surface area contributed by atoms with Gasteiger partial charge in [0.15, 0.2) is 11.5 Å². The molecule has 0 heterocycles. The monoisotopic (exact) mass is 449 g/mol. The van der Waals surface area contributed by atoms with E-state index in [1.165, 1.54) is 9.78 Å². The van der Waals surface area contributed by atoms with Gasteiger partial charge in [0.2, 0.25) is 0 Å². The first-order valence-corrected chi connectivity index (χ1v) is 8.44. The molecule has 0 fully saturated rings. The largest absolute Gasteiger partial charge is 0.493 e. The smallest absolute Gasteiger partial charge is 0.254 e. The number of halogens is 1. The molecular weight excluding hydrogens is 433 g/mol. The van der Waals surface area contributed by atoms with Crippen LogP contribution in [0.4, 0.5) is 0 Å². The molecule has 0 radical (unpaired) electrons. The van der Waals surface area contributed by atoms with Crippen LogP contribution in [-0.4, -0.2) is 19.2 Å². The number of benzene rings is 2. The first-order valence-electron chi connectivity index (χ1n) is 7.36. The summed E-state index contributed by atoms with van der Waals surface area (Å²) < 4.78 is 12.3. The molecule has 6 nitrogen and oxygen atoms in total. The number of hydrogen-bond donors (Lipinski definition) is 1. The number of nitrogens with zero attached hydrogens (tertiary/aromatic N) is 2. The summed E-state index contributed by atoms with van der Waals surface area (Å²) in [5, 5.41) is 12.2. The van der Waals surface area contributed by atoms with Gasteiger partial charge in [0.1, 0.15) is 13.0 Å². The van der Waals surface area contributed by atoms with E-state index in [4.69, 9.17) is 14.7 Å². The zero-order valence-electron chi connectivity index (χ0n) is 13.5. The third-order valence-electron chi connectivity index (χ3n) is 3.14. The summed E-state index contributed by atoms with van der Waals surface area (Å²) in [7, 11) is 1.56. The number of carbonyl (C=O) groups is 1. The van der Waals surface area contributed by atoms with Crippen LogP contribution in [-0.2, 0) is 11.4 Å². The highest BCUT2D eigenvalue weighted by Gasteiger charge is 2.06. The molecule has 128 valence electrons. The molecule has 25 heavy (non-hydrogen) atoms. The van der Waals surface area contributed by atoms with Crippen LogP contribution < -0.4 is 14.9 Å². The summed E-state index contributed by atoms with van der Waals surface area (Å²) in [6.07, 6.45) is 1.24. The summed E-state index contributed by atoms with van der Waals surface area (Å²) in [5.74, 6) is 0.729. The number of methoxy groups -OCH3 is 1. The van der Waals surface area contributed by atoms with Crippen molar-refractivity contribution < 1.29 is 14.3 Å². The lowest BCUT2D eigenvalue weighted by Gasteiger charge is -2.11. The van der Waals surface area contributed by atoms with Gasteiger partial charge in [-0.2, -0.15) is 10.4 Å². The molecule has 1 N–H and O–H groups in total. The summed E-state index contributed by atoms with van der Waals surface area (Å²) in [6, 6.07) is 15.2. The molecule has 0 aromatic heterocycles. The number of hydrogen-bond acceptors (Lipinski definition) is 5. The van der Waals surface area contributed by atoms with Crippen LogP contribution in [0.3, 0.4) is 0 Å². The molecule has 0 bridgehead atoms. The van der Waals surface area contributed by atoms with Crippen molar-refractivity contribution in [2.75, 3.05) is 7.11 Å². The van der Waals surface area contributed by atoms with Gasteiger partial charge in [-0.05, 0) is 64.0 Å². The first kappa shape index (κ1) is 18.7. The van der Waals surface area contributed by atoms with E-state index in [0.29, 0.717) is 18.1 Å². The minimum Gasteiger partial charge on any atom is -0.493 e. The molecule has 2 aromatic carbocycles. The van der Waals surface area contributed by atoms with Gasteiger partial charge in [-0.25, -0.2) is 5.43 Å². The Labute approximate surface area is 159 Å². The summed E-state index contributed by atoms with van der Waals surface area (Å²) >= 11 is 2.26. The first-order chi connectivity index (χ1) is 12.1. The van der Waals surface area contributed by atoms with Crippen molar-refractivity contribution in [2.45, 2.75) is 13.0 Å². The molecule has 0 aliphatic rings. The van der Waals surface area contributed by atoms with E-state index < -0.39 is 5.91 Å². The van der Waals surface area contributed by atoms with E-state index in [2.05, 4.69) is 33.1 Å². The zero-order valence-corrected chi connectivity index (χ0v) is 15.7. The standard InChI is InChI=1S/C18H16IN3O3/c1-24-17-10-14(11-21-22-18(23)8-9-20)4-7-16(17)25-12-13-2-5-15(19)6-3-13/h2-7,10-11H,8,12H2,1H3,(H,22,23)/b21-11+. The summed E-state index contributed by atoms with van der Waals surface area (Å²) in [6.45, 7) is 0.435. The number of hydrazone groups is 1. The van der Waals surface area contributed by atoms with Gasteiger partial charge in [0.05, 0.1) is 19.4 Å². The van der Waals surface area contributed by atoms with Crippen LogP contribution in [0.1, 0.15) is 17.5 Å². The van der Waals surface area contributed by atoms with Crippen molar-refractivity contribution >= 4 is 34.7 Å². The molecule has 2 rings (SSSR count). The molecule has 0 saturated carbocycles. The van der Waals surface area contributed by atoms with Gasteiger partial charge >= 0.3 is 0 Å². The predicted molar refractivity (Wildman–Crippen MR) is 102 cm³/mol. The number of carbonyl (C=O) groups excluding carboxylic acids is 1. The van der Waals surface area contributed by atoms with Crippen LogP contribution in [0.15, 0.2) is 47.6 Å². The maximum Gasteiger partial charge on any atom is 0.254 e. The van der Waals surface area contributed by atoms with Crippen molar-refractivity contribution in [2.24, 2.45) is 5.10 Å². The van der Waals surface area contributed by atoms with Crippen molar-refractivity contribution in [3.8, 4) is 17.6 Å². The van der Waals surface area contributed by atoms with E-state index in [1.807, 2.05) is 24.3 Å². The Morgan fingerprint density at radius 3 is 2.72 bits per heavy atom. The topological polar surface area (TPSA) is 83.7 Å². The average Bonchev–Trinajstić information content (AvgIpc) is 2.62. The molecule has 2 aromatic rings. The van der Waals surface area contributed by atoms with Crippen molar-refractivity contribution in [1.82, 2.24) is 5.43 Å². The highest BCUT2D eigenvalue weighted by Crippen LogP contribution is 2.28. The average molecular weight is 449 g/mol. The lowest BCUT2D eigenvalue weighted by molar-refractivity contribution is -0.120. The van der Waals surface area contributed by atoms with Crippen molar-refractivity contribution in [1.29, 1.82) is 5.26 Å². The summed E-state index contributed by atoms with van der Waals surface area (Å²) in [4.78, 5) is 11.2. The van der Waals surface area contributed by atoms with Crippen LogP contribution in [0.5, 0.6) is 11.5 Å². The molecule has 0 spiro atoms. The molecular formula is C18H16IN3O3. The maximum absolute atomic E-state index is 11.2. The number of rotatable bonds is 7. The number of nitrogens with one attached hydrogen (secondary N) is 1. The van der Waals surface area contributed by atoms with Crippen LogP contribution in [0, 0.1) is 14.9 Å². The van der Waals surface area contributed by atoms with Crippen LogP contribution >= 0.6 is 22.6 Å². The molecule has 0 saturated heterocycles. The highest BCUT2D eigenvalue weighted by molar-refractivity contribution is 14.1. The molecule has 0 aliphatic carbocycles. The summed E-state index contributed by atoms with van der Waals surface area (Å²) in [5.41, 5.74) is 4.07. The molecule has 1 amide bonds. The van der Waals surface area contributed by atoms with Gasteiger partial charge in [-0.1, -0.05) is 12.1 Å². The third kappa shape index (κ3) is 6.08. The minimum absolute atomic E-state index is 0.230. The second kappa shape index (κ2) is 9.64. The van der Waals surface area contributed by atoms with E-state index in [-0.39, 0.29) is 6.42 Å². The maximum atomic E-state index is 11.2. The Morgan fingerprint density at radius 1 is 1.28 bits per heavy atom. The fourth-order valence-electron chi connectivity index (χ4n) is 1.92. The van der Waals surface area contributed by atoms with Crippen LogP contribution in [0.25, 0.3) is 0 Å². The lowest BCUT2D eigenvalue weighted by Crippen LogP contribution is -2.16. The Hall–Kier alpha value is -2.60. The SMILES string of the molecule is COc1cc(/C=N/NC(=O)CC#N)ccc1OCc1ccc(I)cc1. The fourth-order valence-corrected chi connectivity index (χ4v) is 2.28. The Balaban J connectivity index is 2.01. The Kier molecular flexibility index (Phi) is 7.22. The third-order valence-corrected chi connectivity index (χ3v) is 3.86. The van der Waals surface area contributed by atoms with Gasteiger partial charge in [-0.3, -0.25) is 4.79 Å². The van der Waals surface area contributed by atoms with Crippen LogP contribution in [0.2, 0.25) is 0 Å². The fraction of sp³-hybridized carbons (Fsp3) is 0.167. The van der Waals surface area contributed by atoms with E-state index in [9.17, 15) is 4.79 Å². The molecule has 0 unspecified atom stereocenters. The van der Waals surface area contributed by atoms with Gasteiger partial charge in [-0.15, -0.1) is 0 Å². The van der Waals surface area contributed by atoms with Gasteiger partial charge < -0.3 is 9.47 Å². The molecule has 0 aliphatic heterocycles. The zero-order chi connectivity index (χ0) is 18.1. The second-order valence-electron chi connectivity index (χ2n) is 4.95.